The molecule has 0 atom stereocenters. The largest absolute Gasteiger partial charge is 0.494 e. The number of nitrogens with zero attached hydrogens (tertiary/aromatic N) is 2. The highest BCUT2D eigenvalue weighted by molar-refractivity contribution is 8.00. The molecule has 188 valence electrons. The van der Waals surface area contributed by atoms with Crippen LogP contribution in [0.4, 0.5) is 28.6 Å². The molecule has 2 aromatic heterocycles. The highest BCUT2D eigenvalue weighted by Gasteiger charge is 2.19. The minimum absolute atomic E-state index is 0.197. The SMILES string of the molecule is COc1cc(N2CCC(O)CC2)ccc1Nc1cc(Nc2ccccc2SC(C)C)c2cc[nH]c2n1. The van der Waals surface area contributed by atoms with Gasteiger partial charge in [-0.2, -0.15) is 0 Å². The molecule has 2 aromatic carbocycles. The van der Waals surface area contributed by atoms with E-state index in [1.54, 1.807) is 7.11 Å². The van der Waals surface area contributed by atoms with Crippen LogP contribution in [0, 0.1) is 0 Å². The first-order valence-corrected chi connectivity index (χ1v) is 13.3. The van der Waals surface area contributed by atoms with E-state index in [1.807, 2.05) is 42.2 Å². The summed E-state index contributed by atoms with van der Waals surface area (Å²) in [5.41, 5.74) is 4.79. The van der Waals surface area contributed by atoms with Crippen LogP contribution in [-0.2, 0) is 0 Å². The van der Waals surface area contributed by atoms with Crippen LogP contribution in [0.15, 0.2) is 65.7 Å². The number of ether oxygens (including phenoxy) is 1. The van der Waals surface area contributed by atoms with Crippen molar-refractivity contribution in [1.82, 2.24) is 9.97 Å². The number of aromatic nitrogens is 2. The molecule has 0 saturated carbocycles. The molecule has 1 fully saturated rings. The Morgan fingerprint density at radius 3 is 2.61 bits per heavy atom. The monoisotopic (exact) mass is 503 g/mol. The van der Waals surface area contributed by atoms with Crippen molar-refractivity contribution in [1.29, 1.82) is 0 Å². The summed E-state index contributed by atoms with van der Waals surface area (Å²) < 4.78 is 5.73. The second-order valence-electron chi connectivity index (χ2n) is 9.31. The summed E-state index contributed by atoms with van der Waals surface area (Å²) in [6.45, 7) is 6.09. The average Bonchev–Trinajstić information content (AvgIpc) is 3.35. The molecule has 0 radical (unpaired) electrons. The highest BCUT2D eigenvalue weighted by Crippen LogP contribution is 2.37. The normalized spacial score (nSPS) is 14.4. The average molecular weight is 504 g/mol. The van der Waals surface area contributed by atoms with Gasteiger partial charge in [0.2, 0.25) is 0 Å². The van der Waals surface area contributed by atoms with Crippen molar-refractivity contribution in [2.24, 2.45) is 0 Å². The van der Waals surface area contributed by atoms with Crippen molar-refractivity contribution in [3.05, 3.63) is 60.8 Å². The number of piperidine rings is 1. The third-order valence-electron chi connectivity index (χ3n) is 6.33. The van der Waals surface area contributed by atoms with E-state index in [0.29, 0.717) is 11.1 Å². The topological polar surface area (TPSA) is 85.4 Å². The maximum atomic E-state index is 9.83. The van der Waals surface area contributed by atoms with Crippen molar-refractivity contribution in [3.63, 3.8) is 0 Å². The smallest absolute Gasteiger partial charge is 0.144 e. The van der Waals surface area contributed by atoms with Gasteiger partial charge >= 0.3 is 0 Å². The van der Waals surface area contributed by atoms with Crippen molar-refractivity contribution in [2.45, 2.75) is 42.9 Å². The van der Waals surface area contributed by atoms with Gasteiger partial charge in [-0.05, 0) is 43.2 Å². The summed E-state index contributed by atoms with van der Waals surface area (Å²) in [6.07, 6.45) is 3.29. The van der Waals surface area contributed by atoms with E-state index in [1.165, 1.54) is 4.90 Å². The molecule has 1 saturated heterocycles. The van der Waals surface area contributed by atoms with E-state index < -0.39 is 0 Å². The standard InChI is InChI=1S/C28H33N5O2S/c1-18(2)36-26-7-5-4-6-23(26)30-24-17-27(32-28-21(24)10-13-29-28)31-22-9-8-19(16-25(22)35-3)33-14-11-20(34)12-15-33/h4-10,13,16-18,20,34H,11-12,14-15H2,1-3H3,(H3,29,30,31,32). The molecular weight excluding hydrogens is 470 g/mol. The maximum absolute atomic E-state index is 9.83. The number of methoxy groups -OCH3 is 1. The van der Waals surface area contributed by atoms with Crippen LogP contribution < -0.4 is 20.3 Å². The number of pyridine rings is 1. The molecule has 0 amide bonds. The number of rotatable bonds is 8. The highest BCUT2D eigenvalue weighted by atomic mass is 32.2. The first-order chi connectivity index (χ1) is 17.5. The fourth-order valence-electron chi connectivity index (χ4n) is 4.52. The Morgan fingerprint density at radius 2 is 1.83 bits per heavy atom. The van der Waals surface area contributed by atoms with Crippen LogP contribution in [-0.4, -0.2) is 46.6 Å². The van der Waals surface area contributed by atoms with E-state index in [2.05, 4.69) is 64.7 Å². The number of aliphatic hydroxyl groups excluding tert-OH is 1. The van der Waals surface area contributed by atoms with E-state index >= 15 is 0 Å². The van der Waals surface area contributed by atoms with E-state index in [9.17, 15) is 5.11 Å². The first kappa shape index (κ1) is 24.3. The number of para-hydroxylation sites is 1. The van der Waals surface area contributed by atoms with Gasteiger partial charge in [-0.15, -0.1) is 11.8 Å². The zero-order valence-corrected chi connectivity index (χ0v) is 21.7. The zero-order valence-electron chi connectivity index (χ0n) is 20.9. The lowest BCUT2D eigenvalue weighted by Crippen LogP contribution is -2.35. The first-order valence-electron chi connectivity index (χ1n) is 12.4. The molecule has 0 bridgehead atoms. The Balaban J connectivity index is 1.43. The van der Waals surface area contributed by atoms with Gasteiger partial charge in [0.05, 0.1) is 30.3 Å². The number of hydrogen-bond donors (Lipinski definition) is 4. The van der Waals surface area contributed by atoms with Gasteiger partial charge in [0, 0.05) is 52.6 Å². The molecule has 5 rings (SSSR count). The number of aromatic amines is 1. The summed E-state index contributed by atoms with van der Waals surface area (Å²) >= 11 is 1.84. The lowest BCUT2D eigenvalue weighted by Gasteiger charge is -2.31. The van der Waals surface area contributed by atoms with E-state index in [4.69, 9.17) is 9.72 Å². The van der Waals surface area contributed by atoms with Crippen molar-refractivity contribution in [3.8, 4) is 5.75 Å². The van der Waals surface area contributed by atoms with Gasteiger partial charge in [-0.1, -0.05) is 26.0 Å². The summed E-state index contributed by atoms with van der Waals surface area (Å²) in [6, 6.07) is 18.6. The van der Waals surface area contributed by atoms with Crippen molar-refractivity contribution in [2.75, 3.05) is 35.7 Å². The molecule has 36 heavy (non-hydrogen) atoms. The van der Waals surface area contributed by atoms with E-state index in [0.717, 1.165) is 65.5 Å². The Bertz CT molecular complexity index is 1330. The lowest BCUT2D eigenvalue weighted by atomic mass is 10.1. The van der Waals surface area contributed by atoms with E-state index in [-0.39, 0.29) is 6.10 Å². The minimum atomic E-state index is -0.197. The third kappa shape index (κ3) is 5.39. The Hall–Kier alpha value is -3.36. The van der Waals surface area contributed by atoms with Crippen LogP contribution in [0.5, 0.6) is 5.75 Å². The maximum Gasteiger partial charge on any atom is 0.144 e. The molecular formula is C28H33N5O2S. The van der Waals surface area contributed by atoms with Crippen LogP contribution >= 0.6 is 11.8 Å². The van der Waals surface area contributed by atoms with Crippen LogP contribution in [0.25, 0.3) is 11.0 Å². The fraction of sp³-hybridized carbons (Fsp3) is 0.321. The fourth-order valence-corrected chi connectivity index (χ4v) is 5.43. The Labute approximate surface area is 216 Å². The predicted octanol–water partition coefficient (Wildman–Crippen LogP) is 6.52. The zero-order chi connectivity index (χ0) is 25.1. The molecule has 1 aliphatic heterocycles. The number of H-pyrrole nitrogens is 1. The number of benzene rings is 2. The Morgan fingerprint density at radius 1 is 1.03 bits per heavy atom. The summed E-state index contributed by atoms with van der Waals surface area (Å²) in [5, 5.41) is 18.4. The van der Waals surface area contributed by atoms with Gasteiger partial charge in [-0.25, -0.2) is 4.98 Å². The molecule has 4 N–H and O–H groups in total. The quantitative estimate of drug-likeness (QED) is 0.204. The molecule has 0 unspecified atom stereocenters. The van der Waals surface area contributed by atoms with Gasteiger partial charge in [0.25, 0.3) is 0 Å². The molecule has 8 heteroatoms. The molecule has 0 spiro atoms. The Kier molecular flexibility index (Phi) is 7.25. The van der Waals surface area contributed by atoms with Crippen LogP contribution in [0.3, 0.4) is 0 Å². The lowest BCUT2D eigenvalue weighted by molar-refractivity contribution is 0.145. The predicted molar refractivity (Wildman–Crippen MR) is 151 cm³/mol. The number of aliphatic hydroxyl groups is 1. The van der Waals surface area contributed by atoms with Crippen LogP contribution in [0.1, 0.15) is 26.7 Å². The number of thioether (sulfide) groups is 1. The van der Waals surface area contributed by atoms with Gasteiger partial charge in [0.15, 0.2) is 0 Å². The molecule has 0 aliphatic carbocycles. The van der Waals surface area contributed by atoms with Gasteiger partial charge in [0.1, 0.15) is 17.2 Å². The van der Waals surface area contributed by atoms with Crippen molar-refractivity contribution >= 4 is 51.4 Å². The van der Waals surface area contributed by atoms with Crippen molar-refractivity contribution < 1.29 is 9.84 Å². The molecule has 4 aromatic rings. The minimum Gasteiger partial charge on any atom is -0.494 e. The second-order valence-corrected chi connectivity index (χ2v) is 10.9. The second kappa shape index (κ2) is 10.7. The van der Waals surface area contributed by atoms with Gasteiger partial charge < -0.3 is 30.4 Å². The number of nitrogens with one attached hydrogen (secondary N) is 3. The third-order valence-corrected chi connectivity index (χ3v) is 7.41. The summed E-state index contributed by atoms with van der Waals surface area (Å²) in [5.74, 6) is 1.47. The number of fused-ring (bicyclic) bond motifs is 1. The van der Waals surface area contributed by atoms with Crippen LogP contribution in [0.2, 0.25) is 0 Å². The summed E-state index contributed by atoms with van der Waals surface area (Å²) in [4.78, 5) is 11.5. The van der Waals surface area contributed by atoms with Gasteiger partial charge in [-0.3, -0.25) is 0 Å². The molecule has 1 aliphatic rings. The number of anilines is 5. The number of hydrogen-bond acceptors (Lipinski definition) is 7. The molecule has 7 nitrogen and oxygen atoms in total. The summed E-state index contributed by atoms with van der Waals surface area (Å²) in [7, 11) is 1.68. The molecule has 3 heterocycles.